The Morgan fingerprint density at radius 2 is 2.28 bits per heavy atom. The Morgan fingerprint density at radius 3 is 2.89 bits per heavy atom. The van der Waals surface area contributed by atoms with Crippen molar-refractivity contribution < 1.29 is 4.74 Å². The SMILES string of the molecule is CCn1ncc(OC)c1C(N)c1ccnc(C)n1. The van der Waals surface area contributed by atoms with Gasteiger partial charge in [-0.15, -0.1) is 0 Å². The molecule has 2 rings (SSSR count). The fourth-order valence-corrected chi connectivity index (χ4v) is 1.89. The van der Waals surface area contributed by atoms with Gasteiger partial charge in [0.05, 0.1) is 25.0 Å². The van der Waals surface area contributed by atoms with E-state index < -0.39 is 0 Å². The molecule has 0 fully saturated rings. The summed E-state index contributed by atoms with van der Waals surface area (Å²) in [7, 11) is 1.61. The molecular formula is C12H17N5O. The molecule has 0 aliphatic rings. The molecule has 0 saturated heterocycles. The highest BCUT2D eigenvalue weighted by molar-refractivity contribution is 5.33. The van der Waals surface area contributed by atoms with Crippen molar-refractivity contribution in [2.24, 2.45) is 5.73 Å². The van der Waals surface area contributed by atoms with Gasteiger partial charge in [-0.1, -0.05) is 0 Å². The van der Waals surface area contributed by atoms with Crippen molar-refractivity contribution in [1.82, 2.24) is 19.7 Å². The maximum absolute atomic E-state index is 6.25. The Morgan fingerprint density at radius 1 is 1.50 bits per heavy atom. The highest BCUT2D eigenvalue weighted by Gasteiger charge is 2.20. The van der Waals surface area contributed by atoms with Crippen LogP contribution in [0.1, 0.15) is 30.2 Å². The Labute approximate surface area is 106 Å². The van der Waals surface area contributed by atoms with Crippen LogP contribution in [0.2, 0.25) is 0 Å². The minimum Gasteiger partial charge on any atom is -0.493 e. The van der Waals surface area contributed by atoms with Gasteiger partial charge in [0.2, 0.25) is 0 Å². The molecule has 2 aromatic rings. The summed E-state index contributed by atoms with van der Waals surface area (Å²) in [4.78, 5) is 8.42. The lowest BCUT2D eigenvalue weighted by Gasteiger charge is -2.14. The van der Waals surface area contributed by atoms with Crippen molar-refractivity contribution in [3.63, 3.8) is 0 Å². The van der Waals surface area contributed by atoms with E-state index in [9.17, 15) is 0 Å². The molecule has 0 spiro atoms. The third-order valence-electron chi connectivity index (χ3n) is 2.78. The zero-order chi connectivity index (χ0) is 13.1. The van der Waals surface area contributed by atoms with Crippen LogP contribution in [0.4, 0.5) is 0 Å². The van der Waals surface area contributed by atoms with Gasteiger partial charge in [-0.2, -0.15) is 5.10 Å². The van der Waals surface area contributed by atoms with Gasteiger partial charge in [-0.3, -0.25) is 4.68 Å². The van der Waals surface area contributed by atoms with E-state index in [1.165, 1.54) is 0 Å². The molecule has 0 aliphatic heterocycles. The second-order valence-electron chi connectivity index (χ2n) is 3.92. The average Bonchev–Trinajstić information content (AvgIpc) is 2.80. The van der Waals surface area contributed by atoms with E-state index in [1.807, 2.05) is 24.6 Å². The topological polar surface area (TPSA) is 78.9 Å². The minimum atomic E-state index is -0.371. The molecule has 6 nitrogen and oxygen atoms in total. The van der Waals surface area contributed by atoms with Gasteiger partial charge in [0.1, 0.15) is 11.5 Å². The van der Waals surface area contributed by atoms with Crippen LogP contribution in [0.15, 0.2) is 18.5 Å². The third-order valence-corrected chi connectivity index (χ3v) is 2.78. The number of nitrogens with zero attached hydrogens (tertiary/aromatic N) is 4. The van der Waals surface area contributed by atoms with Crippen LogP contribution in [0.5, 0.6) is 5.75 Å². The van der Waals surface area contributed by atoms with E-state index in [0.717, 1.165) is 17.9 Å². The van der Waals surface area contributed by atoms with E-state index >= 15 is 0 Å². The molecule has 0 radical (unpaired) electrons. The molecule has 0 aliphatic carbocycles. The normalized spacial score (nSPS) is 12.4. The first-order valence-electron chi connectivity index (χ1n) is 5.82. The lowest BCUT2D eigenvalue weighted by atomic mass is 10.1. The zero-order valence-electron chi connectivity index (χ0n) is 10.8. The molecule has 6 heteroatoms. The van der Waals surface area contributed by atoms with Crippen LogP contribution in [-0.2, 0) is 6.54 Å². The summed E-state index contributed by atoms with van der Waals surface area (Å²) in [6, 6.07) is 1.44. The van der Waals surface area contributed by atoms with Crippen molar-refractivity contribution in [3.8, 4) is 5.75 Å². The number of nitrogens with two attached hydrogens (primary N) is 1. The molecular weight excluding hydrogens is 230 g/mol. The fraction of sp³-hybridized carbons (Fsp3) is 0.417. The highest BCUT2D eigenvalue weighted by atomic mass is 16.5. The van der Waals surface area contributed by atoms with E-state index in [1.54, 1.807) is 19.5 Å². The minimum absolute atomic E-state index is 0.371. The molecule has 2 N–H and O–H groups in total. The number of ether oxygens (including phenoxy) is 1. The van der Waals surface area contributed by atoms with Crippen molar-refractivity contribution in [2.45, 2.75) is 26.4 Å². The van der Waals surface area contributed by atoms with Crippen LogP contribution < -0.4 is 10.5 Å². The molecule has 2 heterocycles. The Balaban J connectivity index is 2.44. The Hall–Kier alpha value is -1.95. The Bertz CT molecular complexity index is 516. The van der Waals surface area contributed by atoms with Crippen LogP contribution in [0.3, 0.4) is 0 Å². The summed E-state index contributed by atoms with van der Waals surface area (Å²) >= 11 is 0. The largest absolute Gasteiger partial charge is 0.493 e. The van der Waals surface area contributed by atoms with Gasteiger partial charge in [0.25, 0.3) is 0 Å². The molecule has 0 saturated carbocycles. The monoisotopic (exact) mass is 247 g/mol. The van der Waals surface area contributed by atoms with Gasteiger partial charge in [0.15, 0.2) is 5.75 Å². The standard InChI is InChI=1S/C12H17N5O/c1-4-17-12(10(18-3)7-15-17)11(13)9-5-6-14-8(2)16-9/h5-7,11H,4,13H2,1-3H3. The summed E-state index contributed by atoms with van der Waals surface area (Å²) in [6.45, 7) is 4.58. The fourth-order valence-electron chi connectivity index (χ4n) is 1.89. The van der Waals surface area contributed by atoms with Crippen LogP contribution >= 0.6 is 0 Å². The molecule has 96 valence electrons. The van der Waals surface area contributed by atoms with Crippen LogP contribution in [0.25, 0.3) is 0 Å². The summed E-state index contributed by atoms with van der Waals surface area (Å²) in [5, 5.41) is 4.24. The maximum Gasteiger partial charge on any atom is 0.161 e. The highest BCUT2D eigenvalue weighted by Crippen LogP contribution is 2.27. The first-order chi connectivity index (χ1) is 8.67. The van der Waals surface area contributed by atoms with Crippen molar-refractivity contribution in [1.29, 1.82) is 0 Å². The van der Waals surface area contributed by atoms with Crippen molar-refractivity contribution >= 4 is 0 Å². The van der Waals surface area contributed by atoms with E-state index in [-0.39, 0.29) is 6.04 Å². The van der Waals surface area contributed by atoms with Gasteiger partial charge in [0, 0.05) is 12.7 Å². The van der Waals surface area contributed by atoms with E-state index in [4.69, 9.17) is 10.5 Å². The van der Waals surface area contributed by atoms with Crippen molar-refractivity contribution in [2.75, 3.05) is 7.11 Å². The predicted octanol–water partition coefficient (Wildman–Crippen LogP) is 1.06. The number of aromatic nitrogens is 4. The summed E-state index contributed by atoms with van der Waals surface area (Å²) in [6.07, 6.45) is 3.38. The lowest BCUT2D eigenvalue weighted by molar-refractivity contribution is 0.404. The zero-order valence-corrected chi connectivity index (χ0v) is 10.8. The van der Waals surface area contributed by atoms with Gasteiger partial charge in [-0.25, -0.2) is 9.97 Å². The number of aryl methyl sites for hydroxylation is 2. The summed E-state index contributed by atoms with van der Waals surface area (Å²) in [5.74, 6) is 1.38. The predicted molar refractivity (Wildman–Crippen MR) is 67.3 cm³/mol. The number of hydrogen-bond donors (Lipinski definition) is 1. The first kappa shape index (κ1) is 12.5. The molecule has 0 aromatic carbocycles. The second-order valence-corrected chi connectivity index (χ2v) is 3.92. The average molecular weight is 247 g/mol. The second kappa shape index (κ2) is 5.14. The smallest absolute Gasteiger partial charge is 0.161 e. The number of rotatable bonds is 4. The molecule has 2 aromatic heterocycles. The van der Waals surface area contributed by atoms with Gasteiger partial charge >= 0.3 is 0 Å². The first-order valence-corrected chi connectivity index (χ1v) is 5.82. The van der Waals surface area contributed by atoms with Crippen molar-refractivity contribution in [3.05, 3.63) is 35.7 Å². The quantitative estimate of drug-likeness (QED) is 0.873. The van der Waals surface area contributed by atoms with Gasteiger partial charge < -0.3 is 10.5 Å². The molecule has 18 heavy (non-hydrogen) atoms. The van der Waals surface area contributed by atoms with Gasteiger partial charge in [-0.05, 0) is 19.9 Å². The van der Waals surface area contributed by atoms with E-state index in [2.05, 4.69) is 15.1 Å². The number of hydrogen-bond acceptors (Lipinski definition) is 5. The number of methoxy groups -OCH3 is 1. The summed E-state index contributed by atoms with van der Waals surface area (Å²) < 4.78 is 7.11. The Kier molecular flexibility index (Phi) is 3.57. The molecule has 0 bridgehead atoms. The molecule has 1 unspecified atom stereocenters. The molecule has 0 amide bonds. The third kappa shape index (κ3) is 2.19. The maximum atomic E-state index is 6.25. The van der Waals surface area contributed by atoms with E-state index in [0.29, 0.717) is 11.6 Å². The summed E-state index contributed by atoms with van der Waals surface area (Å²) in [5.41, 5.74) is 7.84. The van der Waals surface area contributed by atoms with Crippen LogP contribution in [-0.4, -0.2) is 26.9 Å². The lowest BCUT2D eigenvalue weighted by Crippen LogP contribution is -2.19. The van der Waals surface area contributed by atoms with Crippen LogP contribution in [0, 0.1) is 6.92 Å². The molecule has 1 atom stereocenters.